The van der Waals surface area contributed by atoms with Crippen LogP contribution in [-0.4, -0.2) is 33.6 Å². The van der Waals surface area contributed by atoms with E-state index < -0.39 is 30.1 Å². The number of aliphatic hydroxyl groups is 1. The molecule has 1 amide bonds. The zero-order valence-corrected chi connectivity index (χ0v) is 12.9. The molecule has 1 aromatic rings. The molecule has 1 saturated carbocycles. The zero-order chi connectivity index (χ0) is 16.1. The first-order valence-electron chi connectivity index (χ1n) is 6.69. The number of nitrogens with zero attached hydrogens (tertiary/aromatic N) is 2. The molecule has 1 N–H and O–H groups in total. The van der Waals surface area contributed by atoms with Gasteiger partial charge < -0.3 is 5.11 Å². The predicted octanol–water partition coefficient (Wildman–Crippen LogP) is 3.05. The van der Waals surface area contributed by atoms with Crippen molar-refractivity contribution >= 4 is 27.5 Å². The van der Waals surface area contributed by atoms with Crippen molar-refractivity contribution in [2.75, 3.05) is 0 Å². The van der Waals surface area contributed by atoms with Gasteiger partial charge in [-0.05, 0) is 30.5 Å². The molecule has 1 aliphatic carbocycles. The SMILES string of the molecule is O=C(C1CC1)N1N=C(c2cccc(Br)c2)C[C@@]1(O)C(F)(F)F. The lowest BCUT2D eigenvalue weighted by Crippen LogP contribution is -2.57. The van der Waals surface area contributed by atoms with Crippen molar-refractivity contribution < 1.29 is 23.1 Å². The van der Waals surface area contributed by atoms with E-state index in [2.05, 4.69) is 21.0 Å². The first kappa shape index (κ1) is 15.5. The van der Waals surface area contributed by atoms with E-state index in [1.165, 1.54) is 0 Å². The normalized spacial score (nSPS) is 25.3. The molecule has 8 heteroatoms. The van der Waals surface area contributed by atoms with E-state index in [9.17, 15) is 23.1 Å². The fourth-order valence-corrected chi connectivity index (χ4v) is 2.73. The van der Waals surface area contributed by atoms with Gasteiger partial charge in [0.05, 0.1) is 12.1 Å². The van der Waals surface area contributed by atoms with Gasteiger partial charge in [0, 0.05) is 10.4 Å². The summed E-state index contributed by atoms with van der Waals surface area (Å²) in [5, 5.41) is 14.1. The van der Waals surface area contributed by atoms with E-state index in [1.54, 1.807) is 24.3 Å². The van der Waals surface area contributed by atoms with Gasteiger partial charge in [-0.2, -0.15) is 23.3 Å². The Morgan fingerprint density at radius 2 is 2.09 bits per heavy atom. The summed E-state index contributed by atoms with van der Waals surface area (Å²) in [6.07, 6.45) is -4.68. The Morgan fingerprint density at radius 3 is 2.64 bits per heavy atom. The smallest absolute Gasteiger partial charge is 0.362 e. The summed E-state index contributed by atoms with van der Waals surface area (Å²) in [5.74, 6) is -1.25. The Hall–Kier alpha value is -1.41. The molecule has 0 spiro atoms. The summed E-state index contributed by atoms with van der Waals surface area (Å²) in [7, 11) is 0. The van der Waals surface area contributed by atoms with Gasteiger partial charge in [0.1, 0.15) is 0 Å². The van der Waals surface area contributed by atoms with Crippen LogP contribution in [0.2, 0.25) is 0 Å². The van der Waals surface area contributed by atoms with Crippen LogP contribution in [0, 0.1) is 5.92 Å². The van der Waals surface area contributed by atoms with Gasteiger partial charge in [-0.1, -0.05) is 28.1 Å². The van der Waals surface area contributed by atoms with Crippen molar-refractivity contribution in [3.05, 3.63) is 34.3 Å². The number of rotatable bonds is 2. The molecule has 1 aromatic carbocycles. The van der Waals surface area contributed by atoms with Crippen molar-refractivity contribution in [2.24, 2.45) is 11.0 Å². The summed E-state index contributed by atoms with van der Waals surface area (Å²) >= 11 is 3.23. The van der Waals surface area contributed by atoms with Crippen molar-refractivity contribution in [3.63, 3.8) is 0 Å². The monoisotopic (exact) mass is 376 g/mol. The molecule has 1 aliphatic heterocycles. The second kappa shape index (κ2) is 5.06. The van der Waals surface area contributed by atoms with Gasteiger partial charge in [-0.25, -0.2) is 0 Å². The molecule has 4 nitrogen and oxygen atoms in total. The molecule has 1 fully saturated rings. The Kier molecular flexibility index (Phi) is 3.56. The van der Waals surface area contributed by atoms with E-state index >= 15 is 0 Å². The van der Waals surface area contributed by atoms with Crippen LogP contribution in [0.4, 0.5) is 13.2 Å². The predicted molar refractivity (Wildman–Crippen MR) is 75.9 cm³/mol. The lowest BCUT2D eigenvalue weighted by Gasteiger charge is -2.32. The summed E-state index contributed by atoms with van der Waals surface area (Å²) in [4.78, 5) is 12.1. The molecule has 22 heavy (non-hydrogen) atoms. The molecular weight excluding hydrogens is 365 g/mol. The number of hydrogen-bond acceptors (Lipinski definition) is 3. The lowest BCUT2D eigenvalue weighted by molar-refractivity contribution is -0.302. The van der Waals surface area contributed by atoms with Gasteiger partial charge in [-0.3, -0.25) is 4.79 Å². The Balaban J connectivity index is 2.00. The summed E-state index contributed by atoms with van der Waals surface area (Å²) in [6, 6.07) is 6.56. The summed E-state index contributed by atoms with van der Waals surface area (Å²) < 4.78 is 40.5. The van der Waals surface area contributed by atoms with Crippen molar-refractivity contribution in [3.8, 4) is 0 Å². The van der Waals surface area contributed by atoms with Crippen LogP contribution in [0.15, 0.2) is 33.8 Å². The molecule has 0 bridgehead atoms. The molecule has 0 radical (unpaired) electrons. The van der Waals surface area contributed by atoms with Gasteiger partial charge in [0.25, 0.3) is 5.72 Å². The van der Waals surface area contributed by atoms with Crippen LogP contribution >= 0.6 is 15.9 Å². The highest BCUT2D eigenvalue weighted by molar-refractivity contribution is 9.10. The fraction of sp³-hybridized carbons (Fsp3) is 0.429. The summed E-state index contributed by atoms with van der Waals surface area (Å²) in [6.45, 7) is 0. The minimum absolute atomic E-state index is 0.0372. The maximum Gasteiger partial charge on any atom is 0.438 e. The lowest BCUT2D eigenvalue weighted by atomic mass is 10.0. The number of carbonyl (C=O) groups excluding carboxylic acids is 1. The third-order valence-corrected chi connectivity index (χ3v) is 4.23. The van der Waals surface area contributed by atoms with E-state index in [0.29, 0.717) is 22.9 Å². The number of carbonyl (C=O) groups is 1. The van der Waals surface area contributed by atoms with Gasteiger partial charge in [0.15, 0.2) is 0 Å². The van der Waals surface area contributed by atoms with E-state index in [0.717, 1.165) is 0 Å². The quantitative estimate of drug-likeness (QED) is 0.862. The number of hydrazone groups is 1. The standard InChI is InChI=1S/C14H12BrF3N2O2/c15-10-3-1-2-9(6-10)11-7-13(22,14(16,17)18)20(19-11)12(21)8-4-5-8/h1-3,6,8,22H,4-5,7H2/t13-/m1/s1. The van der Waals surface area contributed by atoms with Gasteiger partial charge in [0.2, 0.25) is 5.91 Å². The molecule has 2 aliphatic rings. The third kappa shape index (κ3) is 2.54. The second-order valence-corrected chi connectivity index (χ2v) is 6.39. The Labute approximate surface area is 132 Å². The first-order valence-corrected chi connectivity index (χ1v) is 7.48. The number of amides is 1. The maximum absolute atomic E-state index is 13.3. The molecular formula is C14H12BrF3N2O2. The van der Waals surface area contributed by atoms with E-state index in [-0.39, 0.29) is 10.7 Å². The van der Waals surface area contributed by atoms with Crippen molar-refractivity contribution in [2.45, 2.75) is 31.2 Å². The van der Waals surface area contributed by atoms with Crippen LogP contribution in [-0.2, 0) is 4.79 Å². The second-order valence-electron chi connectivity index (χ2n) is 5.47. The van der Waals surface area contributed by atoms with Gasteiger partial charge in [-0.15, -0.1) is 0 Å². The van der Waals surface area contributed by atoms with Crippen LogP contribution in [0.25, 0.3) is 0 Å². The van der Waals surface area contributed by atoms with Crippen LogP contribution in [0.1, 0.15) is 24.8 Å². The molecule has 1 heterocycles. The molecule has 0 unspecified atom stereocenters. The van der Waals surface area contributed by atoms with Crippen LogP contribution in [0.5, 0.6) is 0 Å². The highest BCUT2D eigenvalue weighted by atomic mass is 79.9. The first-order chi connectivity index (χ1) is 10.2. The van der Waals surface area contributed by atoms with Crippen LogP contribution in [0.3, 0.4) is 0 Å². The zero-order valence-electron chi connectivity index (χ0n) is 11.3. The minimum Gasteiger partial charge on any atom is -0.362 e. The molecule has 0 aromatic heterocycles. The van der Waals surface area contributed by atoms with Crippen molar-refractivity contribution in [1.29, 1.82) is 0 Å². The van der Waals surface area contributed by atoms with E-state index in [4.69, 9.17) is 0 Å². The molecule has 3 rings (SSSR count). The molecule has 0 saturated heterocycles. The fourth-order valence-electron chi connectivity index (χ4n) is 2.33. The number of benzene rings is 1. The van der Waals surface area contributed by atoms with E-state index in [1.807, 2.05) is 0 Å². The third-order valence-electron chi connectivity index (χ3n) is 3.73. The topological polar surface area (TPSA) is 52.9 Å². The number of halogens is 4. The number of alkyl halides is 3. The highest BCUT2D eigenvalue weighted by Crippen LogP contribution is 2.44. The number of hydrogen-bond donors (Lipinski definition) is 1. The average Bonchev–Trinajstić information content (AvgIpc) is 3.20. The average molecular weight is 377 g/mol. The van der Waals surface area contributed by atoms with Crippen LogP contribution < -0.4 is 0 Å². The largest absolute Gasteiger partial charge is 0.438 e. The Morgan fingerprint density at radius 1 is 1.41 bits per heavy atom. The highest BCUT2D eigenvalue weighted by Gasteiger charge is 2.64. The molecule has 1 atom stereocenters. The van der Waals surface area contributed by atoms with Crippen molar-refractivity contribution in [1.82, 2.24) is 5.01 Å². The van der Waals surface area contributed by atoms with Gasteiger partial charge >= 0.3 is 6.18 Å². The maximum atomic E-state index is 13.3. The molecule has 118 valence electrons. The Bertz CT molecular complexity index is 658. The minimum atomic E-state index is -4.98. The summed E-state index contributed by atoms with van der Waals surface area (Å²) in [5.41, 5.74) is -2.80.